The molecule has 0 atom stereocenters. The number of halogens is 2. The van der Waals surface area contributed by atoms with E-state index < -0.39 is 4.92 Å². The summed E-state index contributed by atoms with van der Waals surface area (Å²) in [6.45, 7) is 3.40. The van der Waals surface area contributed by atoms with Gasteiger partial charge in [0, 0.05) is 30.9 Å². The number of hydrogen-bond acceptors (Lipinski definition) is 6. The van der Waals surface area contributed by atoms with Crippen LogP contribution in [0.1, 0.15) is 6.92 Å². The van der Waals surface area contributed by atoms with E-state index in [2.05, 4.69) is 10.2 Å². The highest BCUT2D eigenvalue weighted by Gasteiger charge is 2.14. The molecule has 2 aromatic carbocycles. The number of aliphatic hydroxyl groups excluding tert-OH is 1. The summed E-state index contributed by atoms with van der Waals surface area (Å²) in [5, 5.41) is 28.0. The Kier molecular flexibility index (Phi) is 6.69. The average Bonchev–Trinajstić information content (AvgIpc) is 2.59. The van der Waals surface area contributed by atoms with Crippen molar-refractivity contribution in [3.05, 3.63) is 56.6 Å². The maximum Gasteiger partial charge on any atom is 0.272 e. The van der Waals surface area contributed by atoms with E-state index >= 15 is 0 Å². The van der Waals surface area contributed by atoms with E-state index in [0.717, 1.165) is 12.2 Å². The summed E-state index contributed by atoms with van der Waals surface area (Å²) in [7, 11) is 0. The van der Waals surface area contributed by atoms with Gasteiger partial charge >= 0.3 is 0 Å². The highest BCUT2D eigenvalue weighted by molar-refractivity contribution is 6.39. The monoisotopic (exact) mass is 382 g/mol. The van der Waals surface area contributed by atoms with Gasteiger partial charge < -0.3 is 10.0 Å². The van der Waals surface area contributed by atoms with Crippen LogP contribution in [-0.4, -0.2) is 29.7 Å². The molecule has 9 heteroatoms. The van der Waals surface area contributed by atoms with E-state index in [1.165, 1.54) is 12.1 Å². The molecule has 0 unspecified atom stereocenters. The van der Waals surface area contributed by atoms with Gasteiger partial charge in [-0.25, -0.2) is 0 Å². The predicted octanol–water partition coefficient (Wildman–Crippen LogP) is 5.14. The van der Waals surface area contributed by atoms with E-state index in [9.17, 15) is 10.1 Å². The highest BCUT2D eigenvalue weighted by Crippen LogP contribution is 2.37. The zero-order valence-corrected chi connectivity index (χ0v) is 14.9. The Morgan fingerprint density at radius 2 is 1.76 bits per heavy atom. The molecule has 7 nitrogen and oxygen atoms in total. The third-order valence-corrected chi connectivity index (χ3v) is 4.02. The van der Waals surface area contributed by atoms with Crippen LogP contribution in [0.4, 0.5) is 22.7 Å². The number of nitrogens with zero attached hydrogens (tertiary/aromatic N) is 4. The third kappa shape index (κ3) is 4.88. The number of likely N-dealkylation sites (N-methyl/N-ethyl adjacent to an activating group) is 1. The summed E-state index contributed by atoms with van der Waals surface area (Å²) in [5.74, 6) is 0. The number of benzene rings is 2. The SMILES string of the molecule is CCN(CCO)c1ccc(N=Nc2c(Cl)cc([N+](=O)[O-])cc2Cl)cc1. The van der Waals surface area contributed by atoms with Crippen LogP contribution in [0.3, 0.4) is 0 Å². The lowest BCUT2D eigenvalue weighted by Gasteiger charge is -2.21. The van der Waals surface area contributed by atoms with Gasteiger partial charge in [-0.3, -0.25) is 10.1 Å². The Morgan fingerprint density at radius 3 is 2.24 bits per heavy atom. The molecule has 0 bridgehead atoms. The summed E-state index contributed by atoms with van der Waals surface area (Å²) < 4.78 is 0. The number of nitro benzene ring substituents is 1. The number of hydrogen-bond donors (Lipinski definition) is 1. The van der Waals surface area contributed by atoms with Gasteiger partial charge in [-0.1, -0.05) is 23.2 Å². The number of nitro groups is 1. The Bertz CT molecular complexity index is 758. The summed E-state index contributed by atoms with van der Waals surface area (Å²) in [6.07, 6.45) is 0. The van der Waals surface area contributed by atoms with Crippen molar-refractivity contribution in [2.24, 2.45) is 10.2 Å². The third-order valence-electron chi connectivity index (χ3n) is 3.44. The van der Waals surface area contributed by atoms with Crippen molar-refractivity contribution in [1.82, 2.24) is 0 Å². The van der Waals surface area contributed by atoms with E-state index in [1.807, 2.05) is 24.0 Å². The summed E-state index contributed by atoms with van der Waals surface area (Å²) in [4.78, 5) is 12.2. The molecule has 0 heterocycles. The van der Waals surface area contributed by atoms with Crippen LogP contribution in [0.5, 0.6) is 0 Å². The summed E-state index contributed by atoms with van der Waals surface area (Å²) in [6, 6.07) is 9.63. The number of rotatable bonds is 7. The lowest BCUT2D eigenvalue weighted by atomic mass is 10.2. The van der Waals surface area contributed by atoms with Gasteiger partial charge in [0.2, 0.25) is 0 Å². The van der Waals surface area contributed by atoms with Crippen molar-refractivity contribution < 1.29 is 10.0 Å². The Morgan fingerprint density at radius 1 is 1.16 bits per heavy atom. The van der Waals surface area contributed by atoms with Crippen molar-refractivity contribution in [2.45, 2.75) is 6.92 Å². The van der Waals surface area contributed by atoms with Crippen molar-refractivity contribution >= 4 is 46.0 Å². The molecular formula is C16H16Cl2N4O3. The number of non-ortho nitro benzene ring substituents is 1. The number of azo groups is 1. The van der Waals surface area contributed by atoms with Crippen LogP contribution in [0.2, 0.25) is 10.0 Å². The molecule has 0 spiro atoms. The first kappa shape index (κ1) is 19.1. The largest absolute Gasteiger partial charge is 0.395 e. The first-order chi connectivity index (χ1) is 12.0. The molecule has 0 amide bonds. The minimum absolute atomic E-state index is 0.0553. The lowest BCUT2D eigenvalue weighted by Crippen LogP contribution is -2.25. The van der Waals surface area contributed by atoms with Gasteiger partial charge in [-0.05, 0) is 31.2 Å². The van der Waals surface area contributed by atoms with Gasteiger partial charge in [-0.15, -0.1) is 5.11 Å². The van der Waals surface area contributed by atoms with Crippen LogP contribution >= 0.6 is 23.2 Å². The van der Waals surface area contributed by atoms with Crippen molar-refractivity contribution in [2.75, 3.05) is 24.6 Å². The molecule has 2 rings (SSSR count). The Balaban J connectivity index is 2.21. The number of anilines is 1. The molecule has 0 saturated carbocycles. The molecule has 0 saturated heterocycles. The van der Waals surface area contributed by atoms with Gasteiger partial charge in [0.25, 0.3) is 5.69 Å². The Hall–Kier alpha value is -2.22. The second-order valence-corrected chi connectivity index (χ2v) is 5.85. The minimum Gasteiger partial charge on any atom is -0.395 e. The quantitative estimate of drug-likeness (QED) is 0.407. The second kappa shape index (κ2) is 8.75. The van der Waals surface area contributed by atoms with E-state index in [1.54, 1.807) is 12.1 Å². The zero-order valence-electron chi connectivity index (χ0n) is 13.4. The van der Waals surface area contributed by atoms with E-state index in [0.29, 0.717) is 12.2 Å². The first-order valence-electron chi connectivity index (χ1n) is 7.47. The van der Waals surface area contributed by atoms with Crippen LogP contribution in [-0.2, 0) is 0 Å². The van der Waals surface area contributed by atoms with Crippen molar-refractivity contribution in [1.29, 1.82) is 0 Å². The van der Waals surface area contributed by atoms with Crippen molar-refractivity contribution in [3.63, 3.8) is 0 Å². The maximum atomic E-state index is 10.8. The lowest BCUT2D eigenvalue weighted by molar-refractivity contribution is -0.384. The zero-order chi connectivity index (χ0) is 18.4. The normalized spacial score (nSPS) is 11.0. The average molecular weight is 383 g/mol. The molecule has 2 aromatic rings. The molecule has 0 aliphatic carbocycles. The van der Waals surface area contributed by atoms with E-state index in [4.69, 9.17) is 28.3 Å². The molecule has 0 radical (unpaired) electrons. The van der Waals surface area contributed by atoms with Crippen LogP contribution in [0, 0.1) is 10.1 Å². The smallest absolute Gasteiger partial charge is 0.272 e. The topological polar surface area (TPSA) is 91.3 Å². The molecule has 0 fully saturated rings. The second-order valence-electron chi connectivity index (χ2n) is 5.03. The minimum atomic E-state index is -0.580. The fourth-order valence-electron chi connectivity index (χ4n) is 2.18. The predicted molar refractivity (Wildman–Crippen MR) is 98.7 cm³/mol. The molecule has 1 N–H and O–H groups in total. The highest BCUT2D eigenvalue weighted by atomic mass is 35.5. The van der Waals surface area contributed by atoms with Gasteiger partial charge in [-0.2, -0.15) is 5.11 Å². The summed E-state index contributed by atoms with van der Waals surface area (Å²) >= 11 is 12.0. The fourth-order valence-corrected chi connectivity index (χ4v) is 2.73. The first-order valence-corrected chi connectivity index (χ1v) is 8.23. The van der Waals surface area contributed by atoms with Crippen LogP contribution < -0.4 is 4.90 Å². The molecular weight excluding hydrogens is 367 g/mol. The van der Waals surface area contributed by atoms with Crippen molar-refractivity contribution in [3.8, 4) is 0 Å². The maximum absolute atomic E-state index is 10.8. The number of aliphatic hydroxyl groups is 1. The summed E-state index contributed by atoms with van der Waals surface area (Å²) in [5.41, 5.74) is 1.51. The molecule has 0 aliphatic rings. The standard InChI is InChI=1S/C16H16Cl2N4O3/c1-2-21(7-8-23)12-5-3-11(4-6-12)19-20-16-14(17)9-13(22(24)25)10-15(16)18/h3-6,9-10,23H,2,7-8H2,1H3. The molecule has 0 aromatic heterocycles. The van der Waals surface area contributed by atoms with Gasteiger partial charge in [0.15, 0.2) is 0 Å². The molecule has 0 aliphatic heterocycles. The molecule has 25 heavy (non-hydrogen) atoms. The van der Waals surface area contributed by atoms with Gasteiger partial charge in [0.05, 0.1) is 27.3 Å². The molecule has 132 valence electrons. The Labute approximate surface area is 154 Å². The van der Waals surface area contributed by atoms with E-state index in [-0.39, 0.29) is 28.0 Å². The van der Waals surface area contributed by atoms with Crippen LogP contribution in [0.15, 0.2) is 46.6 Å². The van der Waals surface area contributed by atoms with Gasteiger partial charge in [0.1, 0.15) is 5.69 Å². The fraction of sp³-hybridized carbons (Fsp3) is 0.250. The van der Waals surface area contributed by atoms with Crippen LogP contribution in [0.25, 0.3) is 0 Å².